The zero-order valence-corrected chi connectivity index (χ0v) is 11.1. The molecular formula is C14H13N3O3. The van der Waals surface area contributed by atoms with Gasteiger partial charge in [-0.05, 0) is 6.92 Å². The maximum atomic E-state index is 12.2. The predicted octanol–water partition coefficient (Wildman–Crippen LogP) is 2.23. The zero-order valence-electron chi connectivity index (χ0n) is 11.1. The van der Waals surface area contributed by atoms with Crippen molar-refractivity contribution < 1.29 is 9.72 Å². The van der Waals surface area contributed by atoms with Gasteiger partial charge < -0.3 is 0 Å². The second kappa shape index (κ2) is 5.48. The van der Waals surface area contributed by atoms with Gasteiger partial charge >= 0.3 is 5.70 Å². The topological polar surface area (TPSA) is 78.0 Å². The molecule has 0 spiro atoms. The summed E-state index contributed by atoms with van der Waals surface area (Å²) in [5, 5.41) is 15.1. The second-order valence-corrected chi connectivity index (χ2v) is 4.29. The maximum absolute atomic E-state index is 12.2. The number of benzene rings is 1. The first-order valence-corrected chi connectivity index (χ1v) is 5.95. The molecule has 0 saturated carbocycles. The Balaban J connectivity index is 2.45. The second-order valence-electron chi connectivity index (χ2n) is 4.29. The molecule has 0 radical (unpaired) electrons. The van der Waals surface area contributed by atoms with E-state index >= 15 is 0 Å². The molecule has 0 unspecified atom stereocenters. The van der Waals surface area contributed by atoms with Crippen LogP contribution in [0.3, 0.4) is 0 Å². The molecule has 1 aromatic carbocycles. The average Bonchev–Trinajstić information content (AvgIpc) is 2.76. The molecule has 1 aromatic heterocycles. The normalized spacial score (nSPS) is 11.4. The molecular weight excluding hydrogens is 258 g/mol. The largest absolute Gasteiger partial charge is 0.317 e. The molecule has 0 aliphatic heterocycles. The molecule has 0 amide bonds. The van der Waals surface area contributed by atoms with Crippen LogP contribution in [0.1, 0.15) is 21.6 Å². The van der Waals surface area contributed by atoms with E-state index in [1.165, 1.54) is 12.3 Å². The number of hydrogen-bond donors (Lipinski definition) is 0. The lowest BCUT2D eigenvalue weighted by Gasteiger charge is -1.99. The molecule has 2 aromatic rings. The van der Waals surface area contributed by atoms with Gasteiger partial charge in [-0.15, -0.1) is 0 Å². The van der Waals surface area contributed by atoms with E-state index in [1.54, 1.807) is 49.0 Å². The number of aromatic nitrogens is 2. The molecule has 0 fully saturated rings. The van der Waals surface area contributed by atoms with E-state index in [9.17, 15) is 14.9 Å². The minimum Gasteiger partial charge on any atom is -0.282 e. The van der Waals surface area contributed by atoms with Crippen molar-refractivity contribution in [2.75, 3.05) is 0 Å². The highest BCUT2D eigenvalue weighted by Gasteiger charge is 2.24. The summed E-state index contributed by atoms with van der Waals surface area (Å²) in [5.74, 6) is -0.612. The Morgan fingerprint density at radius 1 is 1.35 bits per heavy atom. The third-order valence-corrected chi connectivity index (χ3v) is 3.03. The van der Waals surface area contributed by atoms with Gasteiger partial charge in [-0.3, -0.25) is 19.6 Å². The first-order valence-electron chi connectivity index (χ1n) is 5.95. The number of allylic oxidation sites excluding steroid dienone is 1. The van der Waals surface area contributed by atoms with Crippen molar-refractivity contribution in [3.8, 4) is 0 Å². The van der Waals surface area contributed by atoms with E-state index in [0.717, 1.165) is 5.69 Å². The third kappa shape index (κ3) is 2.64. The SMILES string of the molecule is Cc1c(C=C(C(=O)c2ccccc2)[N+](=O)[O-])cnn1C. The summed E-state index contributed by atoms with van der Waals surface area (Å²) < 4.78 is 1.59. The van der Waals surface area contributed by atoms with Gasteiger partial charge in [-0.2, -0.15) is 5.10 Å². The summed E-state index contributed by atoms with van der Waals surface area (Å²) >= 11 is 0. The molecule has 1 heterocycles. The summed E-state index contributed by atoms with van der Waals surface area (Å²) in [6.45, 7) is 1.78. The van der Waals surface area contributed by atoms with E-state index < -0.39 is 16.4 Å². The Hall–Kier alpha value is -2.76. The van der Waals surface area contributed by atoms with Crippen molar-refractivity contribution >= 4 is 11.9 Å². The van der Waals surface area contributed by atoms with Crippen LogP contribution in [0.5, 0.6) is 0 Å². The minimum absolute atomic E-state index is 0.289. The smallest absolute Gasteiger partial charge is 0.282 e. The van der Waals surface area contributed by atoms with Gasteiger partial charge in [0.15, 0.2) is 0 Å². The summed E-state index contributed by atoms with van der Waals surface area (Å²) in [5.41, 5.74) is 1.14. The van der Waals surface area contributed by atoms with Gasteiger partial charge in [0.05, 0.1) is 11.1 Å². The minimum atomic E-state index is -0.665. The quantitative estimate of drug-likeness (QED) is 0.370. The van der Waals surface area contributed by atoms with E-state index in [1.807, 2.05) is 0 Å². The Morgan fingerprint density at radius 2 is 2.00 bits per heavy atom. The first-order chi connectivity index (χ1) is 9.50. The number of aryl methyl sites for hydroxylation is 1. The van der Waals surface area contributed by atoms with Crippen molar-refractivity contribution in [1.82, 2.24) is 9.78 Å². The first kappa shape index (κ1) is 13.7. The molecule has 0 saturated heterocycles. The highest BCUT2D eigenvalue weighted by Crippen LogP contribution is 2.15. The standard InChI is InChI=1S/C14H13N3O3/c1-10-12(9-15-16(10)2)8-13(17(19)20)14(18)11-6-4-3-5-7-11/h3-9H,1-2H3. The highest BCUT2D eigenvalue weighted by molar-refractivity contribution is 6.09. The van der Waals surface area contributed by atoms with E-state index in [4.69, 9.17) is 0 Å². The van der Waals surface area contributed by atoms with Crippen LogP contribution in [0, 0.1) is 17.0 Å². The molecule has 2 rings (SSSR count). The number of rotatable bonds is 4. The molecule has 20 heavy (non-hydrogen) atoms. The van der Waals surface area contributed by atoms with Gasteiger partial charge in [0.2, 0.25) is 0 Å². The van der Waals surface area contributed by atoms with E-state index in [0.29, 0.717) is 5.56 Å². The van der Waals surface area contributed by atoms with Crippen LogP contribution >= 0.6 is 0 Å². The molecule has 0 atom stereocenters. The van der Waals surface area contributed by atoms with Gasteiger partial charge in [-0.25, -0.2) is 0 Å². The molecule has 102 valence electrons. The van der Waals surface area contributed by atoms with Crippen molar-refractivity contribution in [3.63, 3.8) is 0 Å². The van der Waals surface area contributed by atoms with Crippen LogP contribution in [-0.2, 0) is 7.05 Å². The number of Topliss-reactive ketones (excluding diaryl/α,β-unsaturated/α-hetero) is 1. The Bertz CT molecular complexity index is 687. The number of carbonyl (C=O) groups excluding carboxylic acids is 1. The summed E-state index contributed by atoms with van der Waals surface area (Å²) in [7, 11) is 1.73. The number of ketones is 1. The zero-order chi connectivity index (χ0) is 14.7. The Labute approximate surface area is 115 Å². The lowest BCUT2D eigenvalue weighted by molar-refractivity contribution is -0.415. The number of nitro groups is 1. The number of hydrogen-bond acceptors (Lipinski definition) is 4. The fraction of sp³-hybridized carbons (Fsp3) is 0.143. The highest BCUT2D eigenvalue weighted by atomic mass is 16.6. The van der Waals surface area contributed by atoms with Crippen LogP contribution in [0.2, 0.25) is 0 Å². The summed E-state index contributed by atoms with van der Waals surface area (Å²) in [6, 6.07) is 8.18. The number of carbonyl (C=O) groups is 1. The Kier molecular flexibility index (Phi) is 3.74. The van der Waals surface area contributed by atoms with Crippen molar-refractivity contribution in [2.45, 2.75) is 6.92 Å². The van der Waals surface area contributed by atoms with E-state index in [-0.39, 0.29) is 5.56 Å². The molecule has 6 heteroatoms. The Morgan fingerprint density at radius 3 is 2.50 bits per heavy atom. The molecule has 6 nitrogen and oxygen atoms in total. The number of nitrogens with zero attached hydrogens (tertiary/aromatic N) is 3. The molecule has 0 bridgehead atoms. The van der Waals surface area contributed by atoms with Crippen molar-refractivity contribution in [1.29, 1.82) is 0 Å². The average molecular weight is 271 g/mol. The van der Waals surface area contributed by atoms with Crippen LogP contribution in [0.15, 0.2) is 42.2 Å². The van der Waals surface area contributed by atoms with Gasteiger partial charge in [0.25, 0.3) is 5.78 Å². The van der Waals surface area contributed by atoms with Crippen LogP contribution < -0.4 is 0 Å². The van der Waals surface area contributed by atoms with E-state index in [2.05, 4.69) is 5.10 Å². The fourth-order valence-corrected chi connectivity index (χ4v) is 1.74. The van der Waals surface area contributed by atoms with Gasteiger partial charge in [-0.1, -0.05) is 30.3 Å². The molecule has 0 aliphatic rings. The van der Waals surface area contributed by atoms with Crippen LogP contribution in [0.4, 0.5) is 0 Å². The van der Waals surface area contributed by atoms with Gasteiger partial charge in [0.1, 0.15) is 0 Å². The monoisotopic (exact) mass is 271 g/mol. The van der Waals surface area contributed by atoms with Crippen molar-refractivity contribution in [3.05, 3.63) is 69.2 Å². The third-order valence-electron chi connectivity index (χ3n) is 3.03. The van der Waals surface area contributed by atoms with Gasteiger partial charge in [0, 0.05) is 29.9 Å². The molecule has 0 aliphatic carbocycles. The summed E-state index contributed by atoms with van der Waals surface area (Å²) in [4.78, 5) is 22.6. The maximum Gasteiger partial charge on any atom is 0.317 e. The predicted molar refractivity (Wildman–Crippen MR) is 73.7 cm³/mol. The molecule has 0 N–H and O–H groups in total. The van der Waals surface area contributed by atoms with Crippen molar-refractivity contribution in [2.24, 2.45) is 7.05 Å². The van der Waals surface area contributed by atoms with Crippen LogP contribution in [0.25, 0.3) is 6.08 Å². The fourth-order valence-electron chi connectivity index (χ4n) is 1.74. The van der Waals surface area contributed by atoms with Crippen LogP contribution in [-0.4, -0.2) is 20.5 Å². The lowest BCUT2D eigenvalue weighted by Crippen LogP contribution is -2.11. The summed E-state index contributed by atoms with van der Waals surface area (Å²) in [6.07, 6.45) is 2.76. The lowest BCUT2D eigenvalue weighted by atomic mass is 10.1.